The summed E-state index contributed by atoms with van der Waals surface area (Å²) in [5.74, 6) is 0.221. The van der Waals surface area contributed by atoms with Gasteiger partial charge < -0.3 is 10.2 Å². The fourth-order valence-electron chi connectivity index (χ4n) is 2.81. The predicted octanol–water partition coefficient (Wildman–Crippen LogP) is 0.615. The van der Waals surface area contributed by atoms with E-state index in [-0.39, 0.29) is 5.91 Å². The number of nitrogens with one attached hydrogen (secondary N) is 1. The molecule has 2 aliphatic rings. The molecular weight excluding hydrogens is 226 g/mol. The van der Waals surface area contributed by atoms with Crippen molar-refractivity contribution in [3.8, 4) is 0 Å². The molecule has 4 nitrogen and oxygen atoms in total. The number of nitrogens with zero attached hydrogens (tertiary/aromatic N) is 2. The Kier molecular flexibility index (Phi) is 3.06. The van der Waals surface area contributed by atoms with Gasteiger partial charge in [-0.1, -0.05) is 12.1 Å². The number of hydrogen-bond donors (Lipinski definition) is 1. The number of benzene rings is 1. The van der Waals surface area contributed by atoms with Gasteiger partial charge in [0.15, 0.2) is 0 Å². The van der Waals surface area contributed by atoms with Crippen LogP contribution in [-0.2, 0) is 4.79 Å². The van der Waals surface area contributed by atoms with Crippen LogP contribution in [0.4, 0.5) is 5.69 Å². The van der Waals surface area contributed by atoms with Crippen LogP contribution in [0.3, 0.4) is 0 Å². The van der Waals surface area contributed by atoms with Crippen molar-refractivity contribution < 1.29 is 4.79 Å². The average molecular weight is 245 g/mol. The first-order chi connectivity index (χ1) is 8.74. The summed E-state index contributed by atoms with van der Waals surface area (Å²) in [6.45, 7) is 6.38. The van der Waals surface area contributed by atoms with Gasteiger partial charge in [0.2, 0.25) is 5.91 Å². The summed E-state index contributed by atoms with van der Waals surface area (Å²) in [7, 11) is 0. The molecule has 1 amide bonds. The molecule has 3 rings (SSSR count). The lowest BCUT2D eigenvalue weighted by Crippen LogP contribution is -2.63. The van der Waals surface area contributed by atoms with Crippen molar-refractivity contribution >= 4 is 11.6 Å². The molecule has 2 heterocycles. The van der Waals surface area contributed by atoms with Gasteiger partial charge in [0, 0.05) is 37.9 Å². The second-order valence-corrected chi connectivity index (χ2v) is 5.17. The van der Waals surface area contributed by atoms with Gasteiger partial charge in [0.25, 0.3) is 0 Å². The number of carbonyl (C=O) groups excluding carboxylic acids is 1. The van der Waals surface area contributed by atoms with Crippen molar-refractivity contribution in [2.75, 3.05) is 37.6 Å². The van der Waals surface area contributed by atoms with Crippen LogP contribution in [-0.4, -0.2) is 49.6 Å². The lowest BCUT2D eigenvalue weighted by molar-refractivity contribution is -0.122. The number of anilines is 1. The van der Waals surface area contributed by atoms with Crippen LogP contribution >= 0.6 is 0 Å². The van der Waals surface area contributed by atoms with Gasteiger partial charge >= 0.3 is 0 Å². The third-order valence-electron chi connectivity index (χ3n) is 3.82. The van der Waals surface area contributed by atoms with Gasteiger partial charge in [-0.05, 0) is 24.6 Å². The maximum absolute atomic E-state index is 12.2. The molecule has 1 aromatic rings. The Hall–Kier alpha value is -1.39. The Balaban J connectivity index is 1.82. The van der Waals surface area contributed by atoms with Crippen LogP contribution in [0.15, 0.2) is 24.3 Å². The molecule has 0 aliphatic carbocycles. The molecule has 0 bridgehead atoms. The Morgan fingerprint density at radius 1 is 1.39 bits per heavy atom. The van der Waals surface area contributed by atoms with E-state index in [9.17, 15) is 4.79 Å². The lowest BCUT2D eigenvalue weighted by atomic mass is 10.1. The summed E-state index contributed by atoms with van der Waals surface area (Å²) in [5.41, 5.74) is 2.23. The van der Waals surface area contributed by atoms with E-state index in [0.717, 1.165) is 31.9 Å². The van der Waals surface area contributed by atoms with E-state index >= 15 is 0 Å². The highest BCUT2D eigenvalue weighted by Gasteiger charge is 2.33. The smallest absolute Gasteiger partial charge is 0.241 e. The number of amides is 1. The van der Waals surface area contributed by atoms with Crippen LogP contribution in [0.2, 0.25) is 0 Å². The number of piperazine rings is 2. The standard InChI is InChI=1S/C14H19N3O/c1-11-3-2-4-12(7-11)17-9-13-8-15-5-6-16(13)10-14(17)18/h2-4,7,13,15H,5-6,8-10H2,1H3. The molecule has 1 aromatic carbocycles. The van der Waals surface area contributed by atoms with E-state index in [1.165, 1.54) is 5.56 Å². The summed E-state index contributed by atoms with van der Waals surface area (Å²) in [6.07, 6.45) is 0. The minimum Gasteiger partial charge on any atom is -0.314 e. The summed E-state index contributed by atoms with van der Waals surface area (Å²) in [4.78, 5) is 16.5. The highest BCUT2D eigenvalue weighted by molar-refractivity contribution is 5.95. The third-order valence-corrected chi connectivity index (χ3v) is 3.82. The van der Waals surface area contributed by atoms with Crippen LogP contribution in [0.25, 0.3) is 0 Å². The Labute approximate surface area is 108 Å². The number of carbonyl (C=O) groups is 1. The quantitative estimate of drug-likeness (QED) is 0.787. The van der Waals surface area contributed by atoms with Crippen molar-refractivity contribution in [3.05, 3.63) is 29.8 Å². The summed E-state index contributed by atoms with van der Waals surface area (Å²) < 4.78 is 0. The van der Waals surface area contributed by atoms with E-state index in [1.54, 1.807) is 0 Å². The lowest BCUT2D eigenvalue weighted by Gasteiger charge is -2.43. The molecular formula is C14H19N3O. The van der Waals surface area contributed by atoms with Gasteiger partial charge in [0.05, 0.1) is 6.54 Å². The third kappa shape index (κ3) is 2.13. The van der Waals surface area contributed by atoms with E-state index in [1.807, 2.05) is 17.0 Å². The minimum atomic E-state index is 0.221. The maximum atomic E-state index is 12.2. The Bertz CT molecular complexity index is 460. The van der Waals surface area contributed by atoms with Gasteiger partial charge in [-0.3, -0.25) is 9.69 Å². The summed E-state index contributed by atoms with van der Waals surface area (Å²) >= 11 is 0. The zero-order chi connectivity index (χ0) is 12.5. The van der Waals surface area contributed by atoms with E-state index in [2.05, 4.69) is 29.3 Å². The zero-order valence-electron chi connectivity index (χ0n) is 10.7. The maximum Gasteiger partial charge on any atom is 0.241 e. The van der Waals surface area contributed by atoms with Crippen molar-refractivity contribution in [2.45, 2.75) is 13.0 Å². The topological polar surface area (TPSA) is 35.6 Å². The highest BCUT2D eigenvalue weighted by atomic mass is 16.2. The first-order valence-electron chi connectivity index (χ1n) is 6.56. The normalized spacial score (nSPS) is 25.1. The van der Waals surface area contributed by atoms with Gasteiger partial charge in [-0.25, -0.2) is 0 Å². The molecule has 0 saturated carbocycles. The fourth-order valence-corrected chi connectivity index (χ4v) is 2.81. The second-order valence-electron chi connectivity index (χ2n) is 5.17. The molecule has 0 radical (unpaired) electrons. The van der Waals surface area contributed by atoms with Gasteiger partial charge in [-0.2, -0.15) is 0 Å². The SMILES string of the molecule is Cc1cccc(N2CC3CNCCN3CC2=O)c1. The van der Waals surface area contributed by atoms with Gasteiger partial charge in [-0.15, -0.1) is 0 Å². The molecule has 2 aliphatic heterocycles. The molecule has 1 unspecified atom stereocenters. The van der Waals surface area contributed by atoms with Crippen LogP contribution < -0.4 is 10.2 Å². The van der Waals surface area contributed by atoms with Gasteiger partial charge in [0.1, 0.15) is 0 Å². The molecule has 1 atom stereocenters. The van der Waals surface area contributed by atoms with Crippen molar-refractivity contribution in [1.29, 1.82) is 0 Å². The first kappa shape index (κ1) is 11.7. The highest BCUT2D eigenvalue weighted by Crippen LogP contribution is 2.21. The molecule has 18 heavy (non-hydrogen) atoms. The average Bonchev–Trinajstić information content (AvgIpc) is 2.38. The largest absolute Gasteiger partial charge is 0.314 e. The molecule has 2 fully saturated rings. The van der Waals surface area contributed by atoms with Crippen molar-refractivity contribution in [2.24, 2.45) is 0 Å². The Morgan fingerprint density at radius 3 is 3.11 bits per heavy atom. The summed E-state index contributed by atoms with van der Waals surface area (Å²) in [6, 6.07) is 8.65. The minimum absolute atomic E-state index is 0.221. The Morgan fingerprint density at radius 2 is 2.28 bits per heavy atom. The molecule has 2 saturated heterocycles. The number of aryl methyl sites for hydroxylation is 1. The molecule has 0 spiro atoms. The van der Waals surface area contributed by atoms with Crippen LogP contribution in [0.1, 0.15) is 5.56 Å². The predicted molar refractivity (Wildman–Crippen MR) is 71.8 cm³/mol. The monoisotopic (exact) mass is 245 g/mol. The van der Waals surface area contributed by atoms with E-state index in [4.69, 9.17) is 0 Å². The van der Waals surface area contributed by atoms with Crippen LogP contribution in [0, 0.1) is 6.92 Å². The van der Waals surface area contributed by atoms with Crippen molar-refractivity contribution in [3.63, 3.8) is 0 Å². The second kappa shape index (κ2) is 4.71. The first-order valence-corrected chi connectivity index (χ1v) is 6.56. The fraction of sp³-hybridized carbons (Fsp3) is 0.500. The molecule has 96 valence electrons. The van der Waals surface area contributed by atoms with E-state index < -0.39 is 0 Å². The molecule has 0 aromatic heterocycles. The summed E-state index contributed by atoms with van der Waals surface area (Å²) in [5, 5.41) is 3.40. The number of hydrogen-bond acceptors (Lipinski definition) is 3. The number of rotatable bonds is 1. The van der Waals surface area contributed by atoms with Crippen LogP contribution in [0.5, 0.6) is 0 Å². The van der Waals surface area contributed by atoms with E-state index in [0.29, 0.717) is 12.6 Å². The zero-order valence-corrected chi connectivity index (χ0v) is 10.7. The molecule has 1 N–H and O–H groups in total. The molecule has 4 heteroatoms. The van der Waals surface area contributed by atoms with Crippen molar-refractivity contribution in [1.82, 2.24) is 10.2 Å². The number of fused-ring (bicyclic) bond motifs is 1.